The van der Waals surface area contributed by atoms with Crippen LogP contribution in [-0.4, -0.2) is 37.2 Å². The van der Waals surface area contributed by atoms with E-state index in [9.17, 15) is 8.42 Å². The summed E-state index contributed by atoms with van der Waals surface area (Å²) in [7, 11) is -1.93. The fraction of sp³-hybridized carbons (Fsp3) is 0.444. The van der Waals surface area contributed by atoms with Crippen LogP contribution in [0.1, 0.15) is 48.3 Å². The molecule has 3 aromatic rings. The van der Waals surface area contributed by atoms with Gasteiger partial charge in [0.15, 0.2) is 5.03 Å². The molecule has 0 unspecified atom stereocenters. The van der Waals surface area contributed by atoms with Crippen LogP contribution in [0.5, 0.6) is 5.75 Å². The lowest BCUT2D eigenvalue weighted by Crippen LogP contribution is -2.45. The standard InChI is InChI=1S/C27H34N4O3S/c1-31-17-27(29-19-31)35(32,33)30-16-22-11-12-26-24(14-22)23(13-20-7-3-2-4-8-20)25(18-34-26)28-15-21-9-5-6-10-21/h2-4,7-8,11-12,14,17,19,21,23,25,28,30H,5-6,9-10,13,15-16,18H2,1H3/t23-,25+/m0/s1. The number of ether oxygens (including phenoxy) is 1. The largest absolute Gasteiger partial charge is 0.492 e. The topological polar surface area (TPSA) is 85.2 Å². The highest BCUT2D eigenvalue weighted by Crippen LogP contribution is 2.37. The van der Waals surface area contributed by atoms with Crippen molar-refractivity contribution in [2.45, 2.75) is 55.6 Å². The zero-order valence-corrected chi connectivity index (χ0v) is 21.0. The SMILES string of the molecule is Cn1cnc(S(=O)(=O)NCc2ccc3c(c2)[C@H](Cc2ccccc2)[C@H](NCC2CCCC2)CO3)c1. The summed E-state index contributed by atoms with van der Waals surface area (Å²) in [5.41, 5.74) is 3.33. The number of nitrogens with one attached hydrogen (secondary N) is 2. The van der Waals surface area contributed by atoms with Crippen LogP contribution in [0.3, 0.4) is 0 Å². The second kappa shape index (κ2) is 10.5. The average molecular weight is 495 g/mol. The fourth-order valence-electron chi connectivity index (χ4n) is 5.28. The molecule has 2 aromatic carbocycles. The van der Waals surface area contributed by atoms with E-state index < -0.39 is 10.0 Å². The van der Waals surface area contributed by atoms with Crippen LogP contribution in [0.15, 0.2) is 66.1 Å². The van der Waals surface area contributed by atoms with Gasteiger partial charge in [-0.2, -0.15) is 0 Å². The summed E-state index contributed by atoms with van der Waals surface area (Å²) in [6.07, 6.45) is 9.17. The molecular weight excluding hydrogens is 460 g/mol. The van der Waals surface area contributed by atoms with Gasteiger partial charge >= 0.3 is 0 Å². The second-order valence-electron chi connectivity index (χ2n) is 9.85. The molecule has 35 heavy (non-hydrogen) atoms. The predicted octanol–water partition coefficient (Wildman–Crippen LogP) is 3.77. The molecule has 0 saturated heterocycles. The van der Waals surface area contributed by atoms with E-state index in [0.717, 1.165) is 35.8 Å². The first kappa shape index (κ1) is 24.0. The number of nitrogens with zero attached hydrogens (tertiary/aromatic N) is 2. The average Bonchev–Trinajstić information content (AvgIpc) is 3.55. The quantitative estimate of drug-likeness (QED) is 0.473. The highest BCUT2D eigenvalue weighted by molar-refractivity contribution is 7.89. The molecule has 1 aromatic heterocycles. The summed E-state index contributed by atoms with van der Waals surface area (Å²) in [6.45, 7) is 1.87. The van der Waals surface area contributed by atoms with E-state index in [-0.39, 0.29) is 23.5 Å². The summed E-state index contributed by atoms with van der Waals surface area (Å²) in [5, 5.41) is 3.85. The number of aromatic nitrogens is 2. The van der Waals surface area contributed by atoms with Gasteiger partial charge in [0.2, 0.25) is 0 Å². The summed E-state index contributed by atoms with van der Waals surface area (Å²) in [6, 6.07) is 16.8. The van der Waals surface area contributed by atoms with E-state index >= 15 is 0 Å². The molecule has 5 rings (SSSR count). The molecule has 1 aliphatic carbocycles. The van der Waals surface area contributed by atoms with E-state index in [1.54, 1.807) is 11.6 Å². The van der Waals surface area contributed by atoms with Gasteiger partial charge < -0.3 is 14.6 Å². The van der Waals surface area contributed by atoms with Crippen LogP contribution in [0, 0.1) is 5.92 Å². The van der Waals surface area contributed by atoms with Crippen LogP contribution in [-0.2, 0) is 30.0 Å². The number of sulfonamides is 1. The monoisotopic (exact) mass is 494 g/mol. The van der Waals surface area contributed by atoms with Gasteiger partial charge in [0.25, 0.3) is 10.0 Å². The van der Waals surface area contributed by atoms with Crippen molar-refractivity contribution in [1.29, 1.82) is 0 Å². The highest BCUT2D eigenvalue weighted by atomic mass is 32.2. The molecule has 0 spiro atoms. The lowest BCUT2D eigenvalue weighted by atomic mass is 9.83. The molecule has 2 atom stereocenters. The van der Waals surface area contributed by atoms with Crippen molar-refractivity contribution in [3.63, 3.8) is 0 Å². The number of fused-ring (bicyclic) bond motifs is 1. The number of imidazole rings is 1. The maximum absolute atomic E-state index is 12.7. The van der Waals surface area contributed by atoms with Crippen molar-refractivity contribution in [2.75, 3.05) is 13.2 Å². The lowest BCUT2D eigenvalue weighted by Gasteiger charge is -2.35. The van der Waals surface area contributed by atoms with E-state index in [1.165, 1.54) is 43.8 Å². The number of hydrogen-bond acceptors (Lipinski definition) is 5. The Morgan fingerprint density at radius 2 is 1.89 bits per heavy atom. The maximum Gasteiger partial charge on any atom is 0.259 e. The Balaban J connectivity index is 1.36. The minimum absolute atomic E-state index is 0.0272. The molecule has 7 nitrogen and oxygen atoms in total. The molecule has 2 aliphatic rings. The molecule has 2 N–H and O–H groups in total. The zero-order valence-electron chi connectivity index (χ0n) is 20.2. The molecule has 0 radical (unpaired) electrons. The Hall–Kier alpha value is -2.68. The first-order valence-electron chi connectivity index (χ1n) is 12.5. The van der Waals surface area contributed by atoms with Gasteiger partial charge in [-0.05, 0) is 54.5 Å². The number of rotatable bonds is 9. The van der Waals surface area contributed by atoms with Crippen molar-refractivity contribution in [1.82, 2.24) is 19.6 Å². The van der Waals surface area contributed by atoms with E-state index in [1.807, 2.05) is 18.2 Å². The minimum atomic E-state index is -3.68. The molecule has 8 heteroatoms. The van der Waals surface area contributed by atoms with Crippen LogP contribution >= 0.6 is 0 Å². The third kappa shape index (κ3) is 5.77. The Bertz CT molecular complexity index is 1240. The first-order chi connectivity index (χ1) is 17.0. The third-order valence-corrected chi connectivity index (χ3v) is 8.53. The first-order valence-corrected chi connectivity index (χ1v) is 14.0. The molecule has 2 heterocycles. The van der Waals surface area contributed by atoms with Gasteiger partial charge in [-0.3, -0.25) is 0 Å². The minimum Gasteiger partial charge on any atom is -0.492 e. The normalized spacial score (nSPS) is 20.5. The van der Waals surface area contributed by atoms with Crippen LogP contribution in [0.2, 0.25) is 0 Å². The van der Waals surface area contributed by atoms with E-state index in [0.29, 0.717) is 6.61 Å². The van der Waals surface area contributed by atoms with E-state index in [2.05, 4.69) is 45.4 Å². The van der Waals surface area contributed by atoms with Gasteiger partial charge in [-0.25, -0.2) is 18.1 Å². The predicted molar refractivity (Wildman–Crippen MR) is 136 cm³/mol. The van der Waals surface area contributed by atoms with Crippen molar-refractivity contribution < 1.29 is 13.2 Å². The molecule has 0 bridgehead atoms. The Kier molecular flexibility index (Phi) is 7.22. The summed E-state index contributed by atoms with van der Waals surface area (Å²) >= 11 is 0. The van der Waals surface area contributed by atoms with Gasteiger partial charge in [-0.1, -0.05) is 55.3 Å². The van der Waals surface area contributed by atoms with Crippen LogP contribution < -0.4 is 14.8 Å². The van der Waals surface area contributed by atoms with Gasteiger partial charge in [-0.15, -0.1) is 0 Å². The summed E-state index contributed by atoms with van der Waals surface area (Å²) in [5.74, 6) is 1.89. The van der Waals surface area contributed by atoms with Crippen molar-refractivity contribution >= 4 is 10.0 Å². The van der Waals surface area contributed by atoms with Gasteiger partial charge in [0, 0.05) is 31.7 Å². The summed E-state index contributed by atoms with van der Waals surface area (Å²) in [4.78, 5) is 3.98. The smallest absolute Gasteiger partial charge is 0.259 e. The Morgan fingerprint density at radius 3 is 2.63 bits per heavy atom. The zero-order chi connectivity index (χ0) is 24.3. The second-order valence-corrected chi connectivity index (χ2v) is 11.6. The van der Waals surface area contributed by atoms with E-state index in [4.69, 9.17) is 4.74 Å². The lowest BCUT2D eigenvalue weighted by molar-refractivity contribution is 0.206. The van der Waals surface area contributed by atoms with Crippen LogP contribution in [0.25, 0.3) is 0 Å². The molecular formula is C27H34N4O3S. The number of aryl methyl sites for hydroxylation is 1. The third-order valence-electron chi connectivity index (χ3n) is 7.24. The Morgan fingerprint density at radius 1 is 1.09 bits per heavy atom. The highest BCUT2D eigenvalue weighted by Gasteiger charge is 2.32. The summed E-state index contributed by atoms with van der Waals surface area (Å²) < 4.78 is 35.8. The van der Waals surface area contributed by atoms with Crippen molar-refractivity contribution in [3.05, 3.63) is 77.7 Å². The number of benzene rings is 2. The van der Waals surface area contributed by atoms with Crippen LogP contribution in [0.4, 0.5) is 0 Å². The Labute approximate surface area is 208 Å². The van der Waals surface area contributed by atoms with Crippen molar-refractivity contribution in [3.8, 4) is 5.75 Å². The molecule has 1 saturated carbocycles. The van der Waals surface area contributed by atoms with Crippen molar-refractivity contribution in [2.24, 2.45) is 13.0 Å². The molecule has 186 valence electrons. The molecule has 1 aliphatic heterocycles. The maximum atomic E-state index is 12.7. The number of hydrogen-bond donors (Lipinski definition) is 2. The van der Waals surface area contributed by atoms with Gasteiger partial charge in [0.05, 0.1) is 6.33 Å². The molecule has 1 fully saturated rings. The fourth-order valence-corrected chi connectivity index (χ4v) is 6.27. The molecule has 0 amide bonds. The van der Waals surface area contributed by atoms with Gasteiger partial charge in [0.1, 0.15) is 12.4 Å².